The van der Waals surface area contributed by atoms with E-state index in [0.717, 1.165) is 24.3 Å². The molecule has 0 bridgehead atoms. The quantitative estimate of drug-likeness (QED) is 0.712. The van der Waals surface area contributed by atoms with Gasteiger partial charge in [-0.05, 0) is 29.8 Å². The highest BCUT2D eigenvalue weighted by Gasteiger charge is 2.71. The number of benzene rings is 2. The van der Waals surface area contributed by atoms with Gasteiger partial charge in [-0.2, -0.15) is 22.8 Å². The standard InChI is InChI=1S/C18H8F5NO2/c19-9-3-8(7-24)4-10(5-9)26-14-2-1-11-15-12(6-13(25)16(14)15)18(22,23)17(11,20)21/h1-5,12H,6H2. The summed E-state index contributed by atoms with van der Waals surface area (Å²) in [6.07, 6.45) is -0.752. The van der Waals surface area contributed by atoms with Gasteiger partial charge >= 0.3 is 11.8 Å². The van der Waals surface area contributed by atoms with Gasteiger partial charge in [-0.1, -0.05) is 0 Å². The molecule has 1 unspecified atom stereocenters. The number of Topliss-reactive ketones (excluding diaryl/α,β-unsaturated/α-hetero) is 1. The van der Waals surface area contributed by atoms with E-state index in [4.69, 9.17) is 10.00 Å². The summed E-state index contributed by atoms with van der Waals surface area (Å²) in [7, 11) is 0. The number of halogens is 5. The molecule has 2 aromatic carbocycles. The molecule has 2 aliphatic rings. The van der Waals surface area contributed by atoms with Gasteiger partial charge in [0, 0.05) is 18.1 Å². The molecule has 0 saturated carbocycles. The van der Waals surface area contributed by atoms with Crippen LogP contribution in [0.2, 0.25) is 0 Å². The first-order chi connectivity index (χ1) is 12.2. The highest BCUT2D eigenvalue weighted by Crippen LogP contribution is 2.63. The molecule has 0 fully saturated rings. The van der Waals surface area contributed by atoms with Crippen LogP contribution in [0, 0.1) is 17.1 Å². The first-order valence-corrected chi connectivity index (χ1v) is 7.51. The van der Waals surface area contributed by atoms with E-state index in [1.165, 1.54) is 6.07 Å². The third kappa shape index (κ3) is 2.00. The highest BCUT2D eigenvalue weighted by molar-refractivity contribution is 6.05. The predicted molar refractivity (Wildman–Crippen MR) is 78.2 cm³/mol. The van der Waals surface area contributed by atoms with Crippen LogP contribution >= 0.6 is 0 Å². The molecule has 0 amide bonds. The maximum absolute atomic E-state index is 14.1. The lowest BCUT2D eigenvalue weighted by Gasteiger charge is -2.23. The number of hydrogen-bond donors (Lipinski definition) is 0. The van der Waals surface area contributed by atoms with Gasteiger partial charge in [0.2, 0.25) is 0 Å². The lowest BCUT2D eigenvalue weighted by atomic mass is 10.0. The zero-order valence-corrected chi connectivity index (χ0v) is 12.8. The first kappa shape index (κ1) is 16.5. The zero-order chi connectivity index (χ0) is 18.9. The van der Waals surface area contributed by atoms with Crippen LogP contribution in [-0.2, 0) is 5.92 Å². The smallest absolute Gasteiger partial charge is 0.336 e. The summed E-state index contributed by atoms with van der Waals surface area (Å²) in [6.45, 7) is 0. The molecule has 0 N–H and O–H groups in total. The second kappa shape index (κ2) is 5.04. The average molecular weight is 365 g/mol. The minimum absolute atomic E-state index is 0.0557. The second-order valence-electron chi connectivity index (χ2n) is 6.17. The fourth-order valence-corrected chi connectivity index (χ4v) is 3.52. The fourth-order valence-electron chi connectivity index (χ4n) is 3.52. The SMILES string of the molecule is N#Cc1cc(F)cc(Oc2ccc3c4c2C(=O)CC4C(F)(F)C3(F)F)c1. The Bertz CT molecular complexity index is 1010. The number of hydrogen-bond acceptors (Lipinski definition) is 3. The molecule has 2 aromatic rings. The molecule has 0 aliphatic heterocycles. The number of nitriles is 1. The molecule has 26 heavy (non-hydrogen) atoms. The largest absolute Gasteiger partial charge is 0.456 e. The van der Waals surface area contributed by atoms with Crippen LogP contribution in [-0.4, -0.2) is 11.7 Å². The Morgan fingerprint density at radius 3 is 2.58 bits per heavy atom. The van der Waals surface area contributed by atoms with Gasteiger partial charge in [0.15, 0.2) is 5.78 Å². The monoisotopic (exact) mass is 365 g/mol. The summed E-state index contributed by atoms with van der Waals surface area (Å²) in [5.74, 6) is -12.6. The number of rotatable bonds is 2. The van der Waals surface area contributed by atoms with E-state index >= 15 is 0 Å². The molecule has 0 radical (unpaired) electrons. The van der Waals surface area contributed by atoms with E-state index in [0.29, 0.717) is 0 Å². The number of carbonyl (C=O) groups is 1. The molecule has 4 rings (SSSR count). The second-order valence-corrected chi connectivity index (χ2v) is 6.17. The molecule has 132 valence electrons. The van der Waals surface area contributed by atoms with Gasteiger partial charge in [-0.3, -0.25) is 4.79 Å². The molecular weight excluding hydrogens is 357 g/mol. The van der Waals surface area contributed by atoms with Gasteiger partial charge in [0.05, 0.1) is 23.1 Å². The maximum atomic E-state index is 14.1. The fraction of sp³-hybridized carbons (Fsp3) is 0.222. The number of ketones is 1. The average Bonchev–Trinajstić information content (AvgIpc) is 2.98. The molecule has 3 nitrogen and oxygen atoms in total. The molecular formula is C18H8F5NO2. The normalized spacial score (nSPS) is 21.4. The number of nitrogens with zero attached hydrogens (tertiary/aromatic N) is 1. The third-order valence-corrected chi connectivity index (χ3v) is 4.65. The van der Waals surface area contributed by atoms with Crippen molar-refractivity contribution in [1.29, 1.82) is 5.26 Å². The van der Waals surface area contributed by atoms with Crippen LogP contribution in [0.3, 0.4) is 0 Å². The Morgan fingerprint density at radius 1 is 1.15 bits per heavy atom. The lowest BCUT2D eigenvalue weighted by molar-refractivity contribution is -0.214. The Balaban J connectivity index is 1.85. The van der Waals surface area contributed by atoms with E-state index in [2.05, 4.69) is 0 Å². The van der Waals surface area contributed by atoms with Gasteiger partial charge < -0.3 is 4.74 Å². The van der Waals surface area contributed by atoms with Gasteiger partial charge in [-0.15, -0.1) is 0 Å². The summed E-state index contributed by atoms with van der Waals surface area (Å²) < 4.78 is 75.1. The van der Waals surface area contributed by atoms with Crippen LogP contribution in [0.1, 0.15) is 39.4 Å². The van der Waals surface area contributed by atoms with Gasteiger partial charge in [-0.25, -0.2) is 4.39 Å². The van der Waals surface area contributed by atoms with Crippen molar-refractivity contribution in [3.8, 4) is 17.6 Å². The van der Waals surface area contributed by atoms with E-state index in [9.17, 15) is 26.7 Å². The molecule has 0 saturated heterocycles. The Labute approximate surface area is 143 Å². The molecule has 2 aliphatic carbocycles. The first-order valence-electron chi connectivity index (χ1n) is 7.51. The predicted octanol–water partition coefficient (Wildman–Crippen LogP) is 4.90. The maximum Gasteiger partial charge on any atom is 0.336 e. The summed E-state index contributed by atoms with van der Waals surface area (Å²) in [6, 6.07) is 6.57. The van der Waals surface area contributed by atoms with E-state index in [1.807, 2.05) is 0 Å². The Morgan fingerprint density at radius 2 is 1.88 bits per heavy atom. The summed E-state index contributed by atoms with van der Waals surface area (Å²) in [5, 5.41) is 8.85. The zero-order valence-electron chi connectivity index (χ0n) is 12.8. The molecule has 0 heterocycles. The van der Waals surface area contributed by atoms with Crippen molar-refractivity contribution >= 4 is 5.78 Å². The molecule has 0 aromatic heterocycles. The number of alkyl halides is 4. The van der Waals surface area contributed by atoms with Crippen molar-refractivity contribution in [3.63, 3.8) is 0 Å². The summed E-state index contributed by atoms with van der Waals surface area (Å²) in [4.78, 5) is 12.2. The van der Waals surface area contributed by atoms with Crippen molar-refractivity contribution < 1.29 is 31.5 Å². The third-order valence-electron chi connectivity index (χ3n) is 4.65. The van der Waals surface area contributed by atoms with Crippen molar-refractivity contribution in [2.24, 2.45) is 0 Å². The van der Waals surface area contributed by atoms with Crippen LogP contribution in [0.4, 0.5) is 22.0 Å². The van der Waals surface area contributed by atoms with E-state index in [1.54, 1.807) is 6.07 Å². The molecule has 0 spiro atoms. The van der Waals surface area contributed by atoms with Gasteiger partial charge in [0.25, 0.3) is 0 Å². The number of ether oxygens (including phenoxy) is 1. The molecule has 1 atom stereocenters. The topological polar surface area (TPSA) is 50.1 Å². The van der Waals surface area contributed by atoms with Crippen LogP contribution in [0.5, 0.6) is 11.5 Å². The number of carbonyl (C=O) groups excluding carboxylic acids is 1. The van der Waals surface area contributed by atoms with Crippen molar-refractivity contribution in [2.75, 3.05) is 0 Å². The Hall–Kier alpha value is -2.95. The highest BCUT2D eigenvalue weighted by atomic mass is 19.3. The van der Waals surface area contributed by atoms with Crippen LogP contribution < -0.4 is 4.74 Å². The summed E-state index contributed by atoms with van der Waals surface area (Å²) >= 11 is 0. The summed E-state index contributed by atoms with van der Waals surface area (Å²) in [5.41, 5.74) is -1.70. The molecule has 8 heteroatoms. The van der Waals surface area contributed by atoms with E-state index < -0.39 is 46.9 Å². The minimum atomic E-state index is -4.38. The Kier molecular flexibility index (Phi) is 3.20. The van der Waals surface area contributed by atoms with Crippen LogP contribution in [0.25, 0.3) is 0 Å². The van der Waals surface area contributed by atoms with Crippen molar-refractivity contribution in [1.82, 2.24) is 0 Å². The minimum Gasteiger partial charge on any atom is -0.456 e. The lowest BCUT2D eigenvalue weighted by Crippen LogP contribution is -2.36. The van der Waals surface area contributed by atoms with E-state index in [-0.39, 0.29) is 22.6 Å². The van der Waals surface area contributed by atoms with Gasteiger partial charge in [0.1, 0.15) is 17.3 Å². The van der Waals surface area contributed by atoms with Crippen LogP contribution in [0.15, 0.2) is 30.3 Å². The van der Waals surface area contributed by atoms with Crippen molar-refractivity contribution in [2.45, 2.75) is 24.2 Å². The van der Waals surface area contributed by atoms with Crippen molar-refractivity contribution in [3.05, 3.63) is 58.4 Å².